The first-order chi connectivity index (χ1) is 12.8. The number of piperidine rings is 1. The number of halogens is 3. The lowest BCUT2D eigenvalue weighted by Gasteiger charge is -2.31. The Morgan fingerprint density at radius 2 is 1.85 bits per heavy atom. The highest BCUT2D eigenvalue weighted by molar-refractivity contribution is 5.83. The number of aromatic nitrogens is 1. The molecule has 0 unspecified atom stereocenters. The number of hydrogen-bond donors (Lipinski definition) is 2. The zero-order valence-electron chi connectivity index (χ0n) is 14.3. The quantitative estimate of drug-likeness (QED) is 0.853. The van der Waals surface area contributed by atoms with E-state index in [-0.39, 0.29) is 43.9 Å². The number of benzene rings is 1. The molecule has 3 rings (SSSR count). The molecule has 0 saturated carbocycles. The largest absolute Gasteiger partial charge is 0.471 e. The Hall–Kier alpha value is -2.84. The highest BCUT2D eigenvalue weighted by Crippen LogP contribution is 2.24. The molecule has 27 heavy (non-hydrogen) atoms. The third kappa shape index (κ3) is 4.29. The van der Waals surface area contributed by atoms with E-state index in [1.54, 1.807) is 18.2 Å². The lowest BCUT2D eigenvalue weighted by Crippen LogP contribution is -2.47. The van der Waals surface area contributed by atoms with Crippen LogP contribution < -0.4 is 10.9 Å². The van der Waals surface area contributed by atoms with Crippen LogP contribution in [-0.2, 0) is 16.1 Å². The number of nitrogens with one attached hydrogen (secondary N) is 2. The number of alkyl halides is 3. The van der Waals surface area contributed by atoms with E-state index in [1.165, 1.54) is 0 Å². The number of pyridine rings is 1. The number of para-hydroxylation sites is 1. The Morgan fingerprint density at radius 3 is 2.52 bits per heavy atom. The average Bonchev–Trinajstić information content (AvgIpc) is 2.65. The minimum absolute atomic E-state index is 0.0285. The summed E-state index contributed by atoms with van der Waals surface area (Å²) in [5.74, 6) is -2.69. The van der Waals surface area contributed by atoms with Gasteiger partial charge in [0.15, 0.2) is 0 Å². The summed E-state index contributed by atoms with van der Waals surface area (Å²) in [6, 6.07) is 8.94. The van der Waals surface area contributed by atoms with E-state index in [1.807, 2.05) is 12.1 Å². The fourth-order valence-corrected chi connectivity index (χ4v) is 3.17. The van der Waals surface area contributed by atoms with E-state index >= 15 is 0 Å². The average molecular weight is 381 g/mol. The molecule has 0 aliphatic carbocycles. The number of carbonyl (C=O) groups excluding carboxylic acids is 2. The van der Waals surface area contributed by atoms with Gasteiger partial charge in [-0.2, -0.15) is 13.2 Å². The standard InChI is InChI=1S/C18H18F3N3O3/c19-18(20,21)17(27)24-7-5-11(6-8-24)15(25)22-10-13-9-12-3-1-2-4-14(12)23-16(13)26/h1-4,9,11H,5-8,10H2,(H,22,25)(H,23,26). The molecule has 1 aliphatic heterocycles. The Labute approximate surface area is 152 Å². The van der Waals surface area contributed by atoms with Crippen LogP contribution in [0.5, 0.6) is 0 Å². The van der Waals surface area contributed by atoms with Crippen molar-refractivity contribution >= 4 is 22.7 Å². The first kappa shape index (κ1) is 18.9. The molecule has 6 nitrogen and oxygen atoms in total. The lowest BCUT2D eigenvalue weighted by molar-refractivity contribution is -0.186. The Kier molecular flexibility index (Phi) is 5.20. The van der Waals surface area contributed by atoms with Crippen LogP contribution in [0.15, 0.2) is 35.1 Å². The number of H-pyrrole nitrogens is 1. The van der Waals surface area contributed by atoms with Gasteiger partial charge in [-0.1, -0.05) is 18.2 Å². The summed E-state index contributed by atoms with van der Waals surface area (Å²) in [6.07, 6.45) is -4.59. The number of nitrogens with zero attached hydrogens (tertiary/aromatic N) is 1. The molecular weight excluding hydrogens is 363 g/mol. The number of carbonyl (C=O) groups is 2. The smallest absolute Gasteiger partial charge is 0.352 e. The second-order valence-corrected chi connectivity index (χ2v) is 6.49. The Balaban J connectivity index is 1.57. The number of amides is 2. The maximum Gasteiger partial charge on any atom is 0.471 e. The molecule has 1 saturated heterocycles. The fraction of sp³-hybridized carbons (Fsp3) is 0.389. The number of fused-ring (bicyclic) bond motifs is 1. The monoisotopic (exact) mass is 381 g/mol. The van der Waals surface area contributed by atoms with E-state index in [4.69, 9.17) is 0 Å². The molecule has 0 spiro atoms. The van der Waals surface area contributed by atoms with Crippen molar-refractivity contribution in [2.75, 3.05) is 13.1 Å². The fourth-order valence-electron chi connectivity index (χ4n) is 3.17. The summed E-state index contributed by atoms with van der Waals surface area (Å²) >= 11 is 0. The van der Waals surface area contributed by atoms with Gasteiger partial charge < -0.3 is 15.2 Å². The van der Waals surface area contributed by atoms with Crippen molar-refractivity contribution in [1.82, 2.24) is 15.2 Å². The van der Waals surface area contributed by atoms with Crippen molar-refractivity contribution in [2.45, 2.75) is 25.6 Å². The van der Waals surface area contributed by atoms with Gasteiger partial charge in [0.1, 0.15) is 0 Å². The van der Waals surface area contributed by atoms with E-state index in [9.17, 15) is 27.6 Å². The van der Waals surface area contributed by atoms with Gasteiger partial charge in [0.25, 0.3) is 5.56 Å². The normalized spacial score (nSPS) is 15.7. The van der Waals surface area contributed by atoms with E-state index < -0.39 is 18.0 Å². The van der Waals surface area contributed by atoms with Crippen molar-refractivity contribution in [1.29, 1.82) is 0 Å². The summed E-state index contributed by atoms with van der Waals surface area (Å²) in [4.78, 5) is 39.0. The Bertz CT molecular complexity index is 915. The topological polar surface area (TPSA) is 82.3 Å². The molecule has 2 amide bonds. The van der Waals surface area contributed by atoms with Gasteiger partial charge in [-0.05, 0) is 30.4 Å². The van der Waals surface area contributed by atoms with Crippen molar-refractivity contribution in [3.63, 3.8) is 0 Å². The molecule has 144 valence electrons. The molecule has 9 heteroatoms. The van der Waals surface area contributed by atoms with Crippen molar-refractivity contribution in [3.05, 3.63) is 46.2 Å². The van der Waals surface area contributed by atoms with Crippen LogP contribution in [0.2, 0.25) is 0 Å². The summed E-state index contributed by atoms with van der Waals surface area (Å²) < 4.78 is 37.3. The predicted octanol–water partition coefficient (Wildman–Crippen LogP) is 1.95. The first-order valence-electron chi connectivity index (χ1n) is 8.50. The summed E-state index contributed by atoms with van der Waals surface area (Å²) in [7, 11) is 0. The van der Waals surface area contributed by atoms with Gasteiger partial charge in [0.05, 0.1) is 0 Å². The van der Waals surface area contributed by atoms with Crippen LogP contribution in [0.3, 0.4) is 0 Å². The molecule has 2 aromatic rings. The molecular formula is C18H18F3N3O3. The molecule has 2 heterocycles. The van der Waals surface area contributed by atoms with Gasteiger partial charge in [-0.25, -0.2) is 0 Å². The van der Waals surface area contributed by atoms with Gasteiger partial charge >= 0.3 is 12.1 Å². The second-order valence-electron chi connectivity index (χ2n) is 6.49. The maximum atomic E-state index is 12.4. The minimum atomic E-state index is -4.90. The molecule has 2 N–H and O–H groups in total. The molecule has 1 aromatic carbocycles. The highest BCUT2D eigenvalue weighted by Gasteiger charge is 2.43. The van der Waals surface area contributed by atoms with E-state index in [0.29, 0.717) is 11.1 Å². The van der Waals surface area contributed by atoms with Crippen LogP contribution in [0.4, 0.5) is 13.2 Å². The predicted molar refractivity (Wildman–Crippen MR) is 91.8 cm³/mol. The van der Waals surface area contributed by atoms with Crippen LogP contribution in [-0.4, -0.2) is 41.0 Å². The zero-order valence-corrected chi connectivity index (χ0v) is 14.3. The summed E-state index contributed by atoms with van der Waals surface area (Å²) in [6.45, 7) is -0.208. The molecule has 1 aromatic heterocycles. The van der Waals surface area contributed by atoms with E-state index in [0.717, 1.165) is 10.3 Å². The number of aromatic amines is 1. The van der Waals surface area contributed by atoms with Crippen LogP contribution in [0.1, 0.15) is 18.4 Å². The van der Waals surface area contributed by atoms with Gasteiger partial charge in [-0.3, -0.25) is 14.4 Å². The molecule has 1 aliphatic rings. The SMILES string of the molecule is O=C(NCc1cc2ccccc2[nH]c1=O)C1CCN(C(=O)C(F)(F)F)CC1. The summed E-state index contributed by atoms with van der Waals surface area (Å²) in [5.41, 5.74) is 0.783. The van der Waals surface area contributed by atoms with Crippen LogP contribution >= 0.6 is 0 Å². The zero-order chi connectivity index (χ0) is 19.6. The molecule has 1 fully saturated rings. The maximum absolute atomic E-state index is 12.4. The number of rotatable bonds is 3. The van der Waals surface area contributed by atoms with E-state index in [2.05, 4.69) is 10.3 Å². The van der Waals surface area contributed by atoms with Gasteiger partial charge in [-0.15, -0.1) is 0 Å². The number of hydrogen-bond acceptors (Lipinski definition) is 3. The lowest BCUT2D eigenvalue weighted by atomic mass is 9.95. The molecule has 0 radical (unpaired) electrons. The third-order valence-electron chi connectivity index (χ3n) is 4.68. The third-order valence-corrected chi connectivity index (χ3v) is 4.68. The number of likely N-dealkylation sites (tertiary alicyclic amines) is 1. The van der Waals surface area contributed by atoms with Gasteiger partial charge in [0.2, 0.25) is 5.91 Å². The summed E-state index contributed by atoms with van der Waals surface area (Å²) in [5, 5.41) is 3.50. The van der Waals surface area contributed by atoms with Crippen molar-refractivity contribution in [2.24, 2.45) is 5.92 Å². The van der Waals surface area contributed by atoms with Crippen molar-refractivity contribution in [3.8, 4) is 0 Å². The molecule has 0 bridgehead atoms. The Morgan fingerprint density at radius 1 is 1.19 bits per heavy atom. The minimum Gasteiger partial charge on any atom is -0.352 e. The van der Waals surface area contributed by atoms with Crippen LogP contribution in [0.25, 0.3) is 10.9 Å². The highest BCUT2D eigenvalue weighted by atomic mass is 19.4. The molecule has 0 atom stereocenters. The van der Waals surface area contributed by atoms with Gasteiger partial charge in [0, 0.05) is 36.6 Å². The second kappa shape index (κ2) is 7.42. The van der Waals surface area contributed by atoms with Crippen LogP contribution in [0, 0.1) is 5.92 Å². The first-order valence-corrected chi connectivity index (χ1v) is 8.50. The van der Waals surface area contributed by atoms with Crippen molar-refractivity contribution < 1.29 is 22.8 Å².